The lowest BCUT2D eigenvalue weighted by Crippen LogP contribution is -2.34. The first-order valence-electron chi connectivity index (χ1n) is 9.96. The second kappa shape index (κ2) is 9.07. The zero-order chi connectivity index (χ0) is 20.3. The third kappa shape index (κ3) is 4.57. The van der Waals surface area contributed by atoms with Crippen LogP contribution in [0.15, 0.2) is 22.8 Å². The van der Waals surface area contributed by atoms with Crippen molar-refractivity contribution in [3.05, 3.63) is 35.1 Å². The average Bonchev–Trinajstić information content (AvgIpc) is 3.24. The Morgan fingerprint density at radius 2 is 2.07 bits per heavy atom. The summed E-state index contributed by atoms with van der Waals surface area (Å²) in [6.45, 7) is 7.90. The van der Waals surface area contributed by atoms with Crippen molar-refractivity contribution in [2.45, 2.75) is 20.3 Å². The van der Waals surface area contributed by atoms with Gasteiger partial charge in [-0.25, -0.2) is 0 Å². The third-order valence-corrected chi connectivity index (χ3v) is 5.82. The number of aliphatic hydroxyl groups is 1. The second-order valence-corrected chi connectivity index (χ2v) is 8.15. The fraction of sp³-hybridized carbons (Fsp3) is 0.591. The number of aliphatic hydroxyl groups excluding tert-OH is 1. The number of hydrogen-bond acceptors (Lipinski definition) is 5. The van der Waals surface area contributed by atoms with Gasteiger partial charge in [-0.1, -0.05) is 6.07 Å². The molecule has 1 saturated heterocycles. The highest BCUT2D eigenvalue weighted by atomic mass is 16.5. The molecular formula is C22H32N2O4. The van der Waals surface area contributed by atoms with Gasteiger partial charge in [-0.15, -0.1) is 0 Å². The van der Waals surface area contributed by atoms with Crippen molar-refractivity contribution in [3.8, 4) is 0 Å². The van der Waals surface area contributed by atoms with Crippen LogP contribution in [-0.4, -0.2) is 74.4 Å². The average molecular weight is 389 g/mol. The van der Waals surface area contributed by atoms with Gasteiger partial charge in [-0.2, -0.15) is 0 Å². The summed E-state index contributed by atoms with van der Waals surface area (Å²) in [6, 6.07) is 4.13. The Morgan fingerprint density at radius 1 is 1.32 bits per heavy atom. The highest BCUT2D eigenvalue weighted by molar-refractivity contribution is 5.90. The maximum atomic E-state index is 13.0. The molecule has 0 radical (unpaired) electrons. The van der Waals surface area contributed by atoms with Gasteiger partial charge in [0.25, 0.3) is 0 Å². The van der Waals surface area contributed by atoms with E-state index < -0.39 is 0 Å². The molecule has 2 atom stereocenters. The van der Waals surface area contributed by atoms with Crippen LogP contribution in [0.1, 0.15) is 16.7 Å². The molecule has 1 aromatic heterocycles. The Morgan fingerprint density at radius 3 is 2.79 bits per heavy atom. The number of nitrogens with zero attached hydrogens (tertiary/aromatic N) is 2. The van der Waals surface area contributed by atoms with Crippen LogP contribution in [0.4, 0.5) is 0 Å². The monoisotopic (exact) mass is 388 g/mol. The van der Waals surface area contributed by atoms with Gasteiger partial charge < -0.3 is 24.1 Å². The Hall–Kier alpha value is -1.89. The Bertz CT molecular complexity index is 816. The lowest BCUT2D eigenvalue weighted by Gasteiger charge is -2.23. The van der Waals surface area contributed by atoms with Gasteiger partial charge in [-0.05, 0) is 44.0 Å². The van der Waals surface area contributed by atoms with E-state index in [9.17, 15) is 9.90 Å². The number of furan rings is 1. The zero-order valence-electron chi connectivity index (χ0n) is 17.4. The minimum absolute atomic E-state index is 0.100. The molecule has 1 aliphatic rings. The van der Waals surface area contributed by atoms with Gasteiger partial charge in [0.2, 0.25) is 5.91 Å². The quantitative estimate of drug-likeness (QED) is 0.751. The second-order valence-electron chi connectivity index (χ2n) is 8.15. The molecule has 0 unspecified atom stereocenters. The number of hydrogen-bond donors (Lipinski definition) is 1. The topological polar surface area (TPSA) is 66.2 Å². The van der Waals surface area contributed by atoms with Crippen molar-refractivity contribution in [1.82, 2.24) is 9.80 Å². The molecule has 1 aliphatic heterocycles. The molecule has 154 valence electrons. The highest BCUT2D eigenvalue weighted by Gasteiger charge is 2.35. The number of fused-ring (bicyclic) bond motifs is 1. The van der Waals surface area contributed by atoms with E-state index >= 15 is 0 Å². The minimum Gasteiger partial charge on any atom is -0.464 e. The number of ether oxygens (including phenoxy) is 1. The number of rotatable bonds is 8. The summed E-state index contributed by atoms with van der Waals surface area (Å²) >= 11 is 0. The lowest BCUT2D eigenvalue weighted by atomic mass is 9.96. The van der Waals surface area contributed by atoms with Crippen LogP contribution < -0.4 is 0 Å². The Balaban J connectivity index is 1.66. The van der Waals surface area contributed by atoms with Gasteiger partial charge in [0, 0.05) is 56.8 Å². The van der Waals surface area contributed by atoms with Gasteiger partial charge in [0.05, 0.1) is 19.3 Å². The van der Waals surface area contributed by atoms with E-state index in [0.717, 1.165) is 40.7 Å². The number of benzene rings is 1. The maximum Gasteiger partial charge on any atom is 0.227 e. The first kappa shape index (κ1) is 20.8. The molecule has 0 saturated carbocycles. The van der Waals surface area contributed by atoms with E-state index in [1.807, 2.05) is 17.9 Å². The predicted molar refractivity (Wildman–Crippen MR) is 109 cm³/mol. The molecular weight excluding hydrogens is 356 g/mol. The number of methoxy groups -OCH3 is 1. The zero-order valence-corrected chi connectivity index (χ0v) is 17.4. The van der Waals surface area contributed by atoms with E-state index in [1.54, 1.807) is 13.4 Å². The summed E-state index contributed by atoms with van der Waals surface area (Å²) in [5.74, 6) is 0.504. The molecule has 6 nitrogen and oxygen atoms in total. The summed E-state index contributed by atoms with van der Waals surface area (Å²) in [5, 5.41) is 10.8. The van der Waals surface area contributed by atoms with Crippen LogP contribution in [0.25, 0.3) is 11.0 Å². The SMILES string of the molecule is COCCN(C)C[C@@H]1CN(C(=O)Cc2coc3cc(C)cc(C)c23)C[C@@H]1CO. The molecule has 28 heavy (non-hydrogen) atoms. The molecule has 1 aromatic carbocycles. The number of carbonyl (C=O) groups excluding carboxylic acids is 1. The number of amides is 1. The smallest absolute Gasteiger partial charge is 0.227 e. The van der Waals surface area contributed by atoms with E-state index in [0.29, 0.717) is 26.1 Å². The molecule has 1 fully saturated rings. The van der Waals surface area contributed by atoms with Crippen LogP contribution in [0.2, 0.25) is 0 Å². The number of likely N-dealkylation sites (N-methyl/N-ethyl adjacent to an activating group) is 1. The van der Waals surface area contributed by atoms with Crippen molar-refractivity contribution in [1.29, 1.82) is 0 Å². The predicted octanol–water partition coefficient (Wildman–Crippen LogP) is 2.24. The highest BCUT2D eigenvalue weighted by Crippen LogP contribution is 2.29. The van der Waals surface area contributed by atoms with Crippen molar-refractivity contribution in [2.24, 2.45) is 11.8 Å². The largest absolute Gasteiger partial charge is 0.464 e. The number of aryl methyl sites for hydroxylation is 2. The van der Waals surface area contributed by atoms with Gasteiger partial charge >= 0.3 is 0 Å². The fourth-order valence-electron chi connectivity index (χ4n) is 4.33. The van der Waals surface area contributed by atoms with Crippen LogP contribution in [0, 0.1) is 25.7 Å². The summed E-state index contributed by atoms with van der Waals surface area (Å²) in [6.07, 6.45) is 2.05. The summed E-state index contributed by atoms with van der Waals surface area (Å²) in [4.78, 5) is 17.1. The molecule has 1 amide bonds. The first-order chi connectivity index (χ1) is 13.4. The van der Waals surface area contributed by atoms with Crippen molar-refractivity contribution < 1.29 is 19.1 Å². The fourth-order valence-corrected chi connectivity index (χ4v) is 4.33. The van der Waals surface area contributed by atoms with Crippen LogP contribution >= 0.6 is 0 Å². The first-order valence-corrected chi connectivity index (χ1v) is 9.96. The minimum atomic E-state index is 0.100. The third-order valence-electron chi connectivity index (χ3n) is 5.82. The van der Waals surface area contributed by atoms with Gasteiger partial charge in [-0.3, -0.25) is 4.79 Å². The molecule has 0 bridgehead atoms. The van der Waals surface area contributed by atoms with E-state index in [-0.39, 0.29) is 24.3 Å². The molecule has 0 aliphatic carbocycles. The normalized spacial score (nSPS) is 19.9. The number of carbonyl (C=O) groups is 1. The van der Waals surface area contributed by atoms with Crippen molar-refractivity contribution >= 4 is 16.9 Å². The Labute approximate surface area is 167 Å². The van der Waals surface area contributed by atoms with Crippen LogP contribution in [-0.2, 0) is 16.0 Å². The van der Waals surface area contributed by atoms with E-state index in [1.165, 1.54) is 0 Å². The lowest BCUT2D eigenvalue weighted by molar-refractivity contribution is -0.129. The molecule has 3 rings (SSSR count). The molecule has 6 heteroatoms. The molecule has 1 N–H and O–H groups in total. The van der Waals surface area contributed by atoms with Crippen molar-refractivity contribution in [2.75, 3.05) is 53.6 Å². The Kier molecular flexibility index (Phi) is 6.75. The molecule has 0 spiro atoms. The van der Waals surface area contributed by atoms with E-state index in [2.05, 4.69) is 24.9 Å². The summed E-state index contributed by atoms with van der Waals surface area (Å²) in [7, 11) is 3.75. The summed E-state index contributed by atoms with van der Waals surface area (Å²) < 4.78 is 10.8. The van der Waals surface area contributed by atoms with Gasteiger partial charge in [0.15, 0.2) is 0 Å². The summed E-state index contributed by atoms with van der Waals surface area (Å²) in [5.41, 5.74) is 4.08. The number of likely N-dealkylation sites (tertiary alicyclic amines) is 1. The standard InChI is InChI=1S/C22H32N2O4/c1-15-7-16(2)22-17(14-28-20(22)8-15)9-21(26)24-11-18(19(12-24)13-25)10-23(3)5-6-27-4/h7-8,14,18-19,25H,5-6,9-13H2,1-4H3/t18-,19-/m1/s1. The molecule has 2 aromatic rings. The van der Waals surface area contributed by atoms with Crippen LogP contribution in [0.3, 0.4) is 0 Å². The van der Waals surface area contributed by atoms with E-state index in [4.69, 9.17) is 9.15 Å². The van der Waals surface area contributed by atoms with Gasteiger partial charge in [0.1, 0.15) is 5.58 Å². The van der Waals surface area contributed by atoms with Crippen molar-refractivity contribution in [3.63, 3.8) is 0 Å². The molecule has 2 heterocycles. The van der Waals surface area contributed by atoms with Crippen LogP contribution in [0.5, 0.6) is 0 Å². The maximum absolute atomic E-state index is 13.0.